The maximum absolute atomic E-state index is 12.4. The average Bonchev–Trinajstić information content (AvgIpc) is 2.73. The predicted octanol–water partition coefficient (Wildman–Crippen LogP) is 2.38. The molecule has 0 fully saturated rings. The van der Waals surface area contributed by atoms with Gasteiger partial charge in [0.2, 0.25) is 0 Å². The number of methoxy groups -OCH3 is 2. The van der Waals surface area contributed by atoms with Crippen LogP contribution in [0, 0.1) is 0 Å². The summed E-state index contributed by atoms with van der Waals surface area (Å²) >= 11 is 8.98. The first-order valence-electron chi connectivity index (χ1n) is 8.75. The minimum Gasteiger partial charge on any atom is -0.496 e. The van der Waals surface area contributed by atoms with Crippen LogP contribution in [-0.2, 0) is 17.7 Å². The second-order valence-electron chi connectivity index (χ2n) is 5.83. The third-order valence-electron chi connectivity index (χ3n) is 3.90. The molecule has 8 nitrogen and oxygen atoms in total. The van der Waals surface area contributed by atoms with E-state index in [2.05, 4.69) is 15.4 Å². The molecule has 0 aromatic heterocycles. The predicted molar refractivity (Wildman–Crippen MR) is 121 cm³/mol. The Kier molecular flexibility index (Phi) is 9.15. The number of halogens is 1. The van der Waals surface area contributed by atoms with E-state index in [1.54, 1.807) is 37.4 Å². The first-order valence-corrected chi connectivity index (χ1v) is 10.6. The van der Waals surface area contributed by atoms with Gasteiger partial charge in [0.15, 0.2) is 16.6 Å². The van der Waals surface area contributed by atoms with Crippen molar-refractivity contribution in [2.24, 2.45) is 0 Å². The van der Waals surface area contributed by atoms with Crippen LogP contribution in [0.5, 0.6) is 17.2 Å². The van der Waals surface area contributed by atoms with Gasteiger partial charge in [0, 0.05) is 18.6 Å². The zero-order chi connectivity index (χ0) is 22.1. The fraction of sp³-hybridized carbons (Fsp3) is 0.263. The summed E-state index contributed by atoms with van der Waals surface area (Å²) in [6, 6.07) is 10.0. The van der Waals surface area contributed by atoms with Crippen LogP contribution < -0.4 is 29.0 Å². The van der Waals surface area contributed by atoms with Crippen LogP contribution in [0.4, 0.5) is 0 Å². The lowest BCUT2D eigenvalue weighted by atomic mass is 10.1. The lowest BCUT2D eigenvalue weighted by molar-refractivity contribution is 0.0951. The molecule has 11 heteroatoms. The molecule has 0 heterocycles. The zero-order valence-electron chi connectivity index (χ0n) is 16.6. The summed E-state index contributed by atoms with van der Waals surface area (Å²) in [6.45, 7) is 0.353. The maximum Gasteiger partial charge on any atom is 0.317 e. The molecule has 0 aliphatic rings. The number of nitrogens with one attached hydrogen (secondary N) is 3. The van der Waals surface area contributed by atoms with Gasteiger partial charge in [-0.3, -0.25) is 4.79 Å². The highest BCUT2D eigenvalue weighted by atomic mass is 35.5. The van der Waals surface area contributed by atoms with E-state index in [1.807, 2.05) is 6.07 Å². The van der Waals surface area contributed by atoms with Crippen molar-refractivity contribution in [1.82, 2.24) is 15.4 Å². The molecule has 0 radical (unpaired) electrons. The standard InChI is InChI=1S/C19H22ClN3O5S2/c1-21-19(29)23-30(25)28-17-10-12(4-6-16(17)27-3)8-9-22-18(24)14-11-13(20)5-7-15(14)26-2/h4-7,10-11H,8-9H2,1-3H3,(H,22,24)(H2,21,23,29). The highest BCUT2D eigenvalue weighted by Gasteiger charge is 2.14. The molecule has 3 N–H and O–H groups in total. The Bertz CT molecular complexity index is 942. The fourth-order valence-corrected chi connectivity index (χ4v) is 3.41. The lowest BCUT2D eigenvalue weighted by Crippen LogP contribution is -2.35. The third-order valence-corrected chi connectivity index (χ3v) is 5.27. The molecule has 2 aromatic carbocycles. The largest absolute Gasteiger partial charge is 0.496 e. The number of carbonyl (C=O) groups excluding carboxylic acids is 1. The number of benzene rings is 2. The molecule has 2 rings (SSSR count). The first kappa shape index (κ1) is 23.7. The minimum atomic E-state index is -1.89. The normalized spacial score (nSPS) is 11.2. The number of rotatable bonds is 9. The summed E-state index contributed by atoms with van der Waals surface area (Å²) < 4.78 is 30.3. The summed E-state index contributed by atoms with van der Waals surface area (Å²) in [4.78, 5) is 12.4. The summed E-state index contributed by atoms with van der Waals surface area (Å²) in [6.07, 6.45) is 0.504. The van der Waals surface area contributed by atoms with Crippen LogP contribution in [0.3, 0.4) is 0 Å². The van der Waals surface area contributed by atoms with Gasteiger partial charge < -0.3 is 24.3 Å². The van der Waals surface area contributed by atoms with Crippen molar-refractivity contribution in [2.75, 3.05) is 27.8 Å². The monoisotopic (exact) mass is 471 g/mol. The molecule has 0 aliphatic carbocycles. The van der Waals surface area contributed by atoms with Crippen LogP contribution in [-0.4, -0.2) is 43.0 Å². The van der Waals surface area contributed by atoms with Crippen molar-refractivity contribution in [2.45, 2.75) is 6.42 Å². The maximum atomic E-state index is 12.4. The molecule has 30 heavy (non-hydrogen) atoms. The van der Waals surface area contributed by atoms with E-state index in [4.69, 9.17) is 37.5 Å². The number of hydrogen-bond acceptors (Lipinski definition) is 6. The molecule has 0 aliphatic heterocycles. The molecule has 1 unspecified atom stereocenters. The van der Waals surface area contributed by atoms with Crippen molar-refractivity contribution in [3.05, 3.63) is 52.5 Å². The van der Waals surface area contributed by atoms with Crippen LogP contribution in [0.15, 0.2) is 36.4 Å². The van der Waals surface area contributed by atoms with Gasteiger partial charge in [-0.1, -0.05) is 17.7 Å². The average molecular weight is 472 g/mol. The van der Waals surface area contributed by atoms with Crippen molar-refractivity contribution in [3.63, 3.8) is 0 Å². The minimum absolute atomic E-state index is 0.183. The second kappa shape index (κ2) is 11.6. The molecule has 2 aromatic rings. The van der Waals surface area contributed by atoms with E-state index < -0.39 is 11.3 Å². The topological polar surface area (TPSA) is 97.9 Å². The van der Waals surface area contributed by atoms with Gasteiger partial charge in [0.05, 0.1) is 19.8 Å². The Hall–Kier alpha value is -2.56. The summed E-state index contributed by atoms with van der Waals surface area (Å²) in [5.74, 6) is 0.830. The van der Waals surface area contributed by atoms with Gasteiger partial charge in [0.1, 0.15) is 5.75 Å². The smallest absolute Gasteiger partial charge is 0.317 e. The number of carbonyl (C=O) groups is 1. The number of thiocarbonyl (C=S) groups is 1. The third kappa shape index (κ3) is 6.75. The van der Waals surface area contributed by atoms with Gasteiger partial charge in [-0.2, -0.15) is 4.21 Å². The van der Waals surface area contributed by atoms with Crippen molar-refractivity contribution in [3.8, 4) is 17.2 Å². The summed E-state index contributed by atoms with van der Waals surface area (Å²) in [7, 11) is 4.57. The fourth-order valence-electron chi connectivity index (χ4n) is 2.44. The lowest BCUT2D eigenvalue weighted by Gasteiger charge is -2.13. The molecule has 1 atom stereocenters. The summed E-state index contributed by atoms with van der Waals surface area (Å²) in [5, 5.41) is 6.09. The molecular formula is C19H22ClN3O5S2. The Morgan fingerprint density at radius 2 is 1.80 bits per heavy atom. The van der Waals surface area contributed by atoms with E-state index in [9.17, 15) is 9.00 Å². The molecule has 162 valence electrons. The van der Waals surface area contributed by atoms with Crippen molar-refractivity contribution in [1.29, 1.82) is 0 Å². The van der Waals surface area contributed by atoms with E-state index in [0.717, 1.165) is 5.56 Å². The van der Waals surface area contributed by atoms with Gasteiger partial charge >= 0.3 is 11.3 Å². The van der Waals surface area contributed by atoms with Gasteiger partial charge in [-0.05, 0) is 54.5 Å². The van der Waals surface area contributed by atoms with Gasteiger partial charge in [-0.15, -0.1) is 0 Å². The van der Waals surface area contributed by atoms with Crippen LogP contribution in [0.1, 0.15) is 15.9 Å². The van der Waals surface area contributed by atoms with E-state index in [-0.39, 0.29) is 16.8 Å². The first-order chi connectivity index (χ1) is 14.4. The van der Waals surface area contributed by atoms with E-state index in [1.165, 1.54) is 14.2 Å². The Balaban J connectivity index is 2.02. The SMILES string of the molecule is CNC(=S)NS(=O)Oc1cc(CCNC(=O)c2cc(Cl)ccc2OC)ccc1OC. The number of amides is 1. The highest BCUT2D eigenvalue weighted by Crippen LogP contribution is 2.29. The molecule has 0 saturated carbocycles. The number of hydrogen-bond donors (Lipinski definition) is 3. The zero-order valence-corrected chi connectivity index (χ0v) is 19.0. The highest BCUT2D eigenvalue weighted by molar-refractivity contribution is 7.84. The molecule has 0 spiro atoms. The van der Waals surface area contributed by atoms with Crippen molar-refractivity contribution >= 4 is 46.1 Å². The molecule has 0 bridgehead atoms. The number of ether oxygens (including phenoxy) is 2. The van der Waals surface area contributed by atoms with Crippen LogP contribution in [0.2, 0.25) is 5.02 Å². The van der Waals surface area contributed by atoms with Gasteiger partial charge in [-0.25, -0.2) is 4.72 Å². The molecule has 0 saturated heterocycles. The van der Waals surface area contributed by atoms with Gasteiger partial charge in [0.25, 0.3) is 5.91 Å². The summed E-state index contributed by atoms with van der Waals surface area (Å²) in [5.41, 5.74) is 1.20. The molecular weight excluding hydrogens is 450 g/mol. The Morgan fingerprint density at radius 1 is 1.10 bits per heavy atom. The van der Waals surface area contributed by atoms with Crippen LogP contribution in [0.25, 0.3) is 0 Å². The Labute approximate surface area is 188 Å². The quantitative estimate of drug-likeness (QED) is 0.483. The Morgan fingerprint density at radius 3 is 2.47 bits per heavy atom. The van der Waals surface area contributed by atoms with Crippen LogP contribution >= 0.6 is 23.8 Å². The van der Waals surface area contributed by atoms with E-state index >= 15 is 0 Å². The second-order valence-corrected chi connectivity index (χ2v) is 7.52. The van der Waals surface area contributed by atoms with E-state index in [0.29, 0.717) is 35.1 Å². The van der Waals surface area contributed by atoms with Crippen molar-refractivity contribution < 1.29 is 22.7 Å². The molecule has 1 amide bonds.